The van der Waals surface area contributed by atoms with Gasteiger partial charge in [0.15, 0.2) is 18.1 Å². The van der Waals surface area contributed by atoms with Crippen LogP contribution < -0.4 is 19.1 Å². The highest BCUT2D eigenvalue weighted by atomic mass is 32.1. The van der Waals surface area contributed by atoms with Gasteiger partial charge in [-0.1, -0.05) is 24.3 Å². The average molecular weight is 448 g/mol. The number of anilines is 1. The molecule has 0 saturated carbocycles. The van der Waals surface area contributed by atoms with Crippen LogP contribution in [0.25, 0.3) is 21.3 Å². The first-order chi connectivity index (χ1) is 15.7. The molecule has 0 atom stereocenters. The molecule has 1 aliphatic rings. The van der Waals surface area contributed by atoms with Gasteiger partial charge in [0.2, 0.25) is 5.88 Å². The summed E-state index contributed by atoms with van der Waals surface area (Å²) >= 11 is 1.50. The van der Waals surface area contributed by atoms with Gasteiger partial charge in [-0.15, -0.1) is 11.3 Å². The van der Waals surface area contributed by atoms with Crippen molar-refractivity contribution in [1.29, 1.82) is 0 Å². The summed E-state index contributed by atoms with van der Waals surface area (Å²) in [7, 11) is 3.21. The van der Waals surface area contributed by atoms with Crippen LogP contribution in [0.15, 0.2) is 54.2 Å². The summed E-state index contributed by atoms with van der Waals surface area (Å²) in [4.78, 5) is 24.2. The van der Waals surface area contributed by atoms with E-state index in [9.17, 15) is 4.79 Å². The van der Waals surface area contributed by atoms with Crippen LogP contribution >= 0.6 is 11.3 Å². The van der Waals surface area contributed by atoms with E-state index >= 15 is 0 Å². The molecular formula is C24H21N3O4S. The molecule has 4 aromatic rings. The Bertz CT molecular complexity index is 1300. The third kappa shape index (κ3) is 3.52. The molecule has 0 saturated heterocycles. The number of benzene rings is 2. The monoisotopic (exact) mass is 447 g/mol. The maximum absolute atomic E-state index is 12.9. The maximum atomic E-state index is 12.9. The summed E-state index contributed by atoms with van der Waals surface area (Å²) in [5.41, 5.74) is 3.98. The molecule has 2 aromatic heterocycles. The molecule has 0 N–H and O–H groups in total. The number of nitrogens with zero attached hydrogens (tertiary/aromatic N) is 3. The lowest BCUT2D eigenvalue weighted by Gasteiger charge is -2.17. The molecule has 7 nitrogen and oxygen atoms in total. The highest BCUT2D eigenvalue weighted by Gasteiger charge is 2.25. The standard InChI is InChI=1S/C24H21N3O4S/c1-29-19-8-7-16(11-20(19)30-2)17-13-32-24-22(17)23(25-14-26-24)31-12-21(28)27-10-9-15-5-3-4-6-18(15)27/h3-8,11,13-14H,9-10,12H2,1-2H3. The Morgan fingerprint density at radius 3 is 2.78 bits per heavy atom. The quantitative estimate of drug-likeness (QED) is 0.438. The molecule has 2 aromatic carbocycles. The number of rotatable bonds is 6. The molecule has 0 spiro atoms. The smallest absolute Gasteiger partial charge is 0.264 e. The maximum Gasteiger partial charge on any atom is 0.264 e. The fourth-order valence-electron chi connectivity index (χ4n) is 3.98. The van der Waals surface area contributed by atoms with Gasteiger partial charge >= 0.3 is 0 Å². The molecule has 0 unspecified atom stereocenters. The molecule has 5 rings (SSSR count). The molecule has 1 aliphatic heterocycles. The van der Waals surface area contributed by atoms with Crippen LogP contribution in [0.1, 0.15) is 5.56 Å². The van der Waals surface area contributed by atoms with E-state index in [4.69, 9.17) is 14.2 Å². The van der Waals surface area contributed by atoms with Gasteiger partial charge in [-0.25, -0.2) is 9.97 Å². The topological polar surface area (TPSA) is 73.8 Å². The summed E-state index contributed by atoms with van der Waals surface area (Å²) < 4.78 is 16.7. The molecule has 0 radical (unpaired) electrons. The number of carbonyl (C=O) groups is 1. The Labute approximate surface area is 189 Å². The largest absolute Gasteiger partial charge is 0.493 e. The zero-order chi connectivity index (χ0) is 22.1. The van der Waals surface area contributed by atoms with Crippen molar-refractivity contribution in [2.24, 2.45) is 0 Å². The number of fused-ring (bicyclic) bond motifs is 2. The van der Waals surface area contributed by atoms with Gasteiger partial charge in [-0.05, 0) is 35.7 Å². The van der Waals surface area contributed by atoms with Crippen molar-refractivity contribution >= 4 is 33.1 Å². The number of hydrogen-bond donors (Lipinski definition) is 0. The molecule has 162 valence electrons. The van der Waals surface area contributed by atoms with E-state index in [0.717, 1.165) is 33.5 Å². The van der Waals surface area contributed by atoms with Crippen LogP contribution in [0.2, 0.25) is 0 Å². The van der Waals surface area contributed by atoms with Gasteiger partial charge in [0.25, 0.3) is 5.91 Å². The Balaban J connectivity index is 1.43. The van der Waals surface area contributed by atoms with Crippen molar-refractivity contribution in [2.45, 2.75) is 6.42 Å². The second-order valence-electron chi connectivity index (χ2n) is 7.29. The van der Waals surface area contributed by atoms with Crippen LogP contribution in [-0.2, 0) is 11.2 Å². The molecule has 0 aliphatic carbocycles. The lowest BCUT2D eigenvalue weighted by molar-refractivity contribution is -0.120. The summed E-state index contributed by atoms with van der Waals surface area (Å²) in [6.07, 6.45) is 2.32. The van der Waals surface area contributed by atoms with E-state index in [-0.39, 0.29) is 12.5 Å². The summed E-state index contributed by atoms with van der Waals surface area (Å²) in [5, 5.41) is 2.78. The first-order valence-corrected chi connectivity index (χ1v) is 11.0. The predicted molar refractivity (Wildman–Crippen MR) is 124 cm³/mol. The lowest BCUT2D eigenvalue weighted by atomic mass is 10.1. The van der Waals surface area contributed by atoms with Crippen molar-refractivity contribution < 1.29 is 19.0 Å². The number of aromatic nitrogens is 2. The lowest BCUT2D eigenvalue weighted by Crippen LogP contribution is -2.33. The van der Waals surface area contributed by atoms with Gasteiger partial charge < -0.3 is 19.1 Å². The minimum atomic E-state index is -0.0956. The molecule has 1 amide bonds. The number of amides is 1. The zero-order valence-electron chi connectivity index (χ0n) is 17.7. The van der Waals surface area contributed by atoms with Crippen LogP contribution in [-0.4, -0.2) is 43.2 Å². The first-order valence-electron chi connectivity index (χ1n) is 10.1. The Hall–Kier alpha value is -3.65. The van der Waals surface area contributed by atoms with Gasteiger partial charge in [-0.3, -0.25) is 4.79 Å². The first kappa shape index (κ1) is 20.3. The molecular weight excluding hydrogens is 426 g/mol. The average Bonchev–Trinajstić information content (AvgIpc) is 3.47. The summed E-state index contributed by atoms with van der Waals surface area (Å²) in [5.74, 6) is 1.58. The number of hydrogen-bond acceptors (Lipinski definition) is 7. The highest BCUT2D eigenvalue weighted by Crippen LogP contribution is 2.40. The number of para-hydroxylation sites is 1. The number of thiophene rings is 1. The molecule has 3 heterocycles. The fourth-order valence-corrected chi connectivity index (χ4v) is 4.89. The van der Waals surface area contributed by atoms with Crippen molar-refractivity contribution in [2.75, 3.05) is 32.3 Å². The summed E-state index contributed by atoms with van der Waals surface area (Å²) in [6, 6.07) is 13.7. The van der Waals surface area contributed by atoms with E-state index in [0.29, 0.717) is 23.9 Å². The Morgan fingerprint density at radius 1 is 1.09 bits per heavy atom. The van der Waals surface area contributed by atoms with Crippen LogP contribution in [0.5, 0.6) is 17.4 Å². The fraction of sp³-hybridized carbons (Fsp3) is 0.208. The minimum absolute atomic E-state index is 0.0930. The van der Waals surface area contributed by atoms with Gasteiger partial charge in [0, 0.05) is 23.2 Å². The minimum Gasteiger partial charge on any atom is -0.493 e. The van der Waals surface area contributed by atoms with Crippen LogP contribution in [0.3, 0.4) is 0 Å². The Kier molecular flexibility index (Phi) is 5.36. The van der Waals surface area contributed by atoms with Crippen molar-refractivity contribution in [3.63, 3.8) is 0 Å². The predicted octanol–water partition coefficient (Wildman–Crippen LogP) is 4.34. The molecule has 8 heteroatoms. The van der Waals surface area contributed by atoms with Crippen molar-refractivity contribution in [1.82, 2.24) is 9.97 Å². The summed E-state index contributed by atoms with van der Waals surface area (Å²) in [6.45, 7) is 0.567. The number of carbonyl (C=O) groups excluding carboxylic acids is 1. The zero-order valence-corrected chi connectivity index (χ0v) is 18.5. The van der Waals surface area contributed by atoms with E-state index < -0.39 is 0 Å². The second kappa shape index (κ2) is 8.47. The number of ether oxygens (including phenoxy) is 3. The van der Waals surface area contributed by atoms with Gasteiger partial charge in [-0.2, -0.15) is 0 Å². The third-order valence-corrected chi connectivity index (χ3v) is 6.44. The Morgan fingerprint density at radius 2 is 1.94 bits per heavy atom. The van der Waals surface area contributed by atoms with Crippen LogP contribution in [0, 0.1) is 0 Å². The van der Waals surface area contributed by atoms with Gasteiger partial charge in [0.05, 0.1) is 19.6 Å². The van der Waals surface area contributed by atoms with E-state index in [1.807, 2.05) is 41.8 Å². The number of methoxy groups -OCH3 is 2. The third-order valence-electron chi connectivity index (χ3n) is 5.55. The van der Waals surface area contributed by atoms with Gasteiger partial charge in [0.1, 0.15) is 11.2 Å². The van der Waals surface area contributed by atoms with Crippen molar-refractivity contribution in [3.05, 3.63) is 59.7 Å². The van der Waals surface area contributed by atoms with Crippen LogP contribution in [0.4, 0.5) is 5.69 Å². The SMILES string of the molecule is COc1ccc(-c2csc3ncnc(OCC(=O)N4CCc5ccccc54)c23)cc1OC. The second-order valence-corrected chi connectivity index (χ2v) is 8.15. The van der Waals surface area contributed by atoms with E-state index in [2.05, 4.69) is 16.0 Å². The highest BCUT2D eigenvalue weighted by molar-refractivity contribution is 7.17. The van der Waals surface area contributed by atoms with E-state index in [1.165, 1.54) is 23.2 Å². The molecule has 32 heavy (non-hydrogen) atoms. The molecule has 0 bridgehead atoms. The van der Waals surface area contributed by atoms with E-state index in [1.54, 1.807) is 19.1 Å². The normalized spacial score (nSPS) is 12.6. The van der Waals surface area contributed by atoms with Crippen molar-refractivity contribution in [3.8, 4) is 28.5 Å². The molecule has 0 fully saturated rings.